The molecule has 0 aliphatic carbocycles. The van der Waals surface area contributed by atoms with E-state index in [1.54, 1.807) is 0 Å². The first-order valence-electron chi connectivity index (χ1n) is 5.90. The third-order valence-electron chi connectivity index (χ3n) is 2.55. The Morgan fingerprint density at radius 2 is 1.69 bits per heavy atom. The molecule has 1 atom stereocenters. The Morgan fingerprint density at radius 3 is 2.12 bits per heavy atom. The molecule has 0 bridgehead atoms. The maximum atomic E-state index is 9.92. The molecule has 1 N–H and O–H groups in total. The number of nitrogens with zero attached hydrogens (tertiary/aromatic N) is 1. The standard InChI is InChI=1S/C14H23NO/c1-11(2)9-12-5-7-13(8-6-12)14(16)10-15(3)4/h5-8,11,14,16H,9-10H2,1-4H3. The lowest BCUT2D eigenvalue weighted by Gasteiger charge is -2.16. The molecule has 1 rings (SSSR count). The molecular formula is C14H23NO. The first-order chi connectivity index (χ1) is 7.49. The largest absolute Gasteiger partial charge is 0.387 e. The molecule has 0 aliphatic rings. The van der Waals surface area contributed by atoms with Gasteiger partial charge in [-0.3, -0.25) is 0 Å². The molecule has 0 spiro atoms. The van der Waals surface area contributed by atoms with Gasteiger partial charge in [0.05, 0.1) is 6.10 Å². The summed E-state index contributed by atoms with van der Waals surface area (Å²) in [6.07, 6.45) is 0.715. The minimum absolute atomic E-state index is 0.386. The van der Waals surface area contributed by atoms with Crippen LogP contribution in [0.4, 0.5) is 0 Å². The molecule has 2 nitrogen and oxygen atoms in total. The Balaban J connectivity index is 2.63. The molecule has 16 heavy (non-hydrogen) atoms. The van der Waals surface area contributed by atoms with Gasteiger partial charge < -0.3 is 10.0 Å². The predicted molar refractivity (Wildman–Crippen MR) is 68.5 cm³/mol. The van der Waals surface area contributed by atoms with E-state index >= 15 is 0 Å². The third kappa shape index (κ3) is 4.33. The van der Waals surface area contributed by atoms with Gasteiger partial charge in [-0.1, -0.05) is 38.1 Å². The minimum atomic E-state index is -0.386. The SMILES string of the molecule is CC(C)Cc1ccc(C(O)CN(C)C)cc1. The van der Waals surface area contributed by atoms with E-state index in [1.807, 2.05) is 31.1 Å². The van der Waals surface area contributed by atoms with Crippen molar-refractivity contribution in [1.82, 2.24) is 4.90 Å². The van der Waals surface area contributed by atoms with Crippen molar-refractivity contribution >= 4 is 0 Å². The molecule has 0 aliphatic heterocycles. The van der Waals surface area contributed by atoms with Gasteiger partial charge in [0.25, 0.3) is 0 Å². The Bertz CT molecular complexity index is 303. The van der Waals surface area contributed by atoms with Crippen molar-refractivity contribution in [2.75, 3.05) is 20.6 Å². The quantitative estimate of drug-likeness (QED) is 0.825. The molecule has 90 valence electrons. The van der Waals surface area contributed by atoms with E-state index in [0.29, 0.717) is 12.5 Å². The predicted octanol–water partition coefficient (Wildman–Crippen LogP) is 2.48. The summed E-state index contributed by atoms with van der Waals surface area (Å²) in [6.45, 7) is 5.10. The van der Waals surface area contributed by atoms with Crippen molar-refractivity contribution in [1.29, 1.82) is 0 Å². The van der Waals surface area contributed by atoms with Crippen LogP contribution in [0.5, 0.6) is 0 Å². The van der Waals surface area contributed by atoms with Gasteiger partial charge in [-0.15, -0.1) is 0 Å². The number of likely N-dealkylation sites (N-methyl/N-ethyl adjacent to an activating group) is 1. The van der Waals surface area contributed by atoms with Crippen molar-refractivity contribution in [2.24, 2.45) is 5.92 Å². The topological polar surface area (TPSA) is 23.5 Å². The summed E-state index contributed by atoms with van der Waals surface area (Å²) >= 11 is 0. The zero-order valence-corrected chi connectivity index (χ0v) is 10.8. The van der Waals surface area contributed by atoms with Gasteiger partial charge in [-0.25, -0.2) is 0 Å². The number of rotatable bonds is 5. The van der Waals surface area contributed by atoms with Crippen molar-refractivity contribution in [3.8, 4) is 0 Å². The van der Waals surface area contributed by atoms with Gasteiger partial charge in [0, 0.05) is 6.54 Å². The molecule has 0 radical (unpaired) electrons. The first kappa shape index (κ1) is 13.2. The van der Waals surface area contributed by atoms with Crippen LogP contribution in [0.3, 0.4) is 0 Å². The van der Waals surface area contributed by atoms with E-state index in [0.717, 1.165) is 12.0 Å². The number of benzene rings is 1. The summed E-state index contributed by atoms with van der Waals surface area (Å²) < 4.78 is 0. The monoisotopic (exact) mass is 221 g/mol. The highest BCUT2D eigenvalue weighted by Crippen LogP contribution is 2.16. The van der Waals surface area contributed by atoms with E-state index < -0.39 is 0 Å². The van der Waals surface area contributed by atoms with Gasteiger partial charge in [-0.05, 0) is 37.6 Å². The van der Waals surface area contributed by atoms with Crippen LogP contribution in [0.1, 0.15) is 31.1 Å². The van der Waals surface area contributed by atoms with Crippen LogP contribution < -0.4 is 0 Å². The molecule has 0 saturated heterocycles. The molecule has 0 fully saturated rings. The Morgan fingerprint density at radius 1 is 1.12 bits per heavy atom. The summed E-state index contributed by atoms with van der Waals surface area (Å²) in [5.41, 5.74) is 2.34. The van der Waals surface area contributed by atoms with E-state index in [2.05, 4.69) is 26.0 Å². The zero-order chi connectivity index (χ0) is 12.1. The second-order valence-corrected chi connectivity index (χ2v) is 5.12. The Kier molecular flexibility index (Phi) is 4.97. The first-order valence-corrected chi connectivity index (χ1v) is 5.90. The van der Waals surface area contributed by atoms with Gasteiger partial charge in [0.2, 0.25) is 0 Å². The molecule has 1 aromatic rings. The smallest absolute Gasteiger partial charge is 0.0916 e. The second-order valence-electron chi connectivity index (χ2n) is 5.12. The van der Waals surface area contributed by atoms with Crippen LogP contribution in [-0.4, -0.2) is 30.6 Å². The normalized spacial score (nSPS) is 13.4. The van der Waals surface area contributed by atoms with Crippen LogP contribution in [0, 0.1) is 5.92 Å². The molecule has 1 unspecified atom stereocenters. The Hall–Kier alpha value is -0.860. The van der Waals surface area contributed by atoms with Crippen LogP contribution in [0.25, 0.3) is 0 Å². The van der Waals surface area contributed by atoms with Crippen molar-refractivity contribution in [2.45, 2.75) is 26.4 Å². The van der Waals surface area contributed by atoms with E-state index in [9.17, 15) is 5.11 Å². The molecule has 2 heteroatoms. The highest BCUT2D eigenvalue weighted by molar-refractivity contribution is 5.24. The Labute approximate surface area is 98.9 Å². The molecule has 0 saturated carbocycles. The number of hydrogen-bond donors (Lipinski definition) is 1. The lowest BCUT2D eigenvalue weighted by atomic mass is 10.0. The fourth-order valence-electron chi connectivity index (χ4n) is 1.80. The average molecular weight is 221 g/mol. The summed E-state index contributed by atoms with van der Waals surface area (Å²) in [6, 6.07) is 8.31. The van der Waals surface area contributed by atoms with E-state index in [1.165, 1.54) is 5.56 Å². The number of aliphatic hydroxyl groups is 1. The molecule has 1 aromatic carbocycles. The fourth-order valence-corrected chi connectivity index (χ4v) is 1.80. The van der Waals surface area contributed by atoms with Crippen molar-refractivity contribution in [3.05, 3.63) is 35.4 Å². The highest BCUT2D eigenvalue weighted by atomic mass is 16.3. The maximum Gasteiger partial charge on any atom is 0.0916 e. The number of hydrogen-bond acceptors (Lipinski definition) is 2. The molecule has 0 aromatic heterocycles. The summed E-state index contributed by atoms with van der Waals surface area (Å²) in [7, 11) is 3.94. The molecule has 0 heterocycles. The third-order valence-corrected chi connectivity index (χ3v) is 2.55. The van der Waals surface area contributed by atoms with Gasteiger partial charge in [0.15, 0.2) is 0 Å². The van der Waals surface area contributed by atoms with Crippen LogP contribution in [-0.2, 0) is 6.42 Å². The maximum absolute atomic E-state index is 9.92. The number of aliphatic hydroxyl groups excluding tert-OH is 1. The van der Waals surface area contributed by atoms with Crippen molar-refractivity contribution < 1.29 is 5.11 Å². The van der Waals surface area contributed by atoms with Gasteiger partial charge in [0.1, 0.15) is 0 Å². The van der Waals surface area contributed by atoms with Crippen LogP contribution in [0.15, 0.2) is 24.3 Å². The highest BCUT2D eigenvalue weighted by Gasteiger charge is 2.08. The average Bonchev–Trinajstić information content (AvgIpc) is 2.16. The fraction of sp³-hybridized carbons (Fsp3) is 0.571. The van der Waals surface area contributed by atoms with Crippen molar-refractivity contribution in [3.63, 3.8) is 0 Å². The van der Waals surface area contributed by atoms with Crippen LogP contribution >= 0.6 is 0 Å². The summed E-state index contributed by atoms with van der Waals surface area (Å²) in [4.78, 5) is 1.99. The van der Waals surface area contributed by atoms with E-state index in [-0.39, 0.29) is 6.10 Å². The van der Waals surface area contributed by atoms with E-state index in [4.69, 9.17) is 0 Å². The zero-order valence-electron chi connectivity index (χ0n) is 10.8. The molecule has 0 amide bonds. The van der Waals surface area contributed by atoms with Crippen LogP contribution in [0.2, 0.25) is 0 Å². The van der Waals surface area contributed by atoms with Gasteiger partial charge >= 0.3 is 0 Å². The minimum Gasteiger partial charge on any atom is -0.387 e. The summed E-state index contributed by atoms with van der Waals surface area (Å²) in [5.74, 6) is 0.678. The lowest BCUT2D eigenvalue weighted by molar-refractivity contribution is 0.138. The lowest BCUT2D eigenvalue weighted by Crippen LogP contribution is -2.19. The second kappa shape index (κ2) is 6.02. The van der Waals surface area contributed by atoms with Gasteiger partial charge in [-0.2, -0.15) is 0 Å². The molecular weight excluding hydrogens is 198 g/mol. The summed E-state index contributed by atoms with van der Waals surface area (Å²) in [5, 5.41) is 9.92.